The van der Waals surface area contributed by atoms with Crippen LogP contribution in [-0.2, 0) is 28.0 Å². The van der Waals surface area contributed by atoms with Crippen LogP contribution in [0.5, 0.6) is 5.75 Å². The van der Waals surface area contributed by atoms with E-state index in [9.17, 15) is 18.0 Å². The summed E-state index contributed by atoms with van der Waals surface area (Å²) in [7, 11) is 0.503. The van der Waals surface area contributed by atoms with Crippen molar-refractivity contribution in [1.29, 1.82) is 0 Å². The van der Waals surface area contributed by atoms with E-state index in [0.717, 1.165) is 4.31 Å². The minimum Gasteiger partial charge on any atom is -0.496 e. The summed E-state index contributed by atoms with van der Waals surface area (Å²) >= 11 is 0. The molecule has 0 fully saturated rings. The minimum absolute atomic E-state index is 0.0429. The van der Waals surface area contributed by atoms with Crippen LogP contribution in [0.2, 0.25) is 0 Å². The average Bonchev–Trinajstić information content (AvgIpc) is 3.59. The first-order chi connectivity index (χ1) is 18.7. The molecule has 11 nitrogen and oxygen atoms in total. The topological polar surface area (TPSA) is 128 Å². The van der Waals surface area contributed by atoms with Gasteiger partial charge in [0.25, 0.3) is 11.8 Å². The van der Waals surface area contributed by atoms with Crippen LogP contribution in [0.15, 0.2) is 78.4 Å². The van der Waals surface area contributed by atoms with Crippen LogP contribution in [0.3, 0.4) is 0 Å². The van der Waals surface area contributed by atoms with Gasteiger partial charge in [-0.1, -0.05) is 30.3 Å². The zero-order valence-corrected chi connectivity index (χ0v) is 22.8. The summed E-state index contributed by atoms with van der Waals surface area (Å²) < 4.78 is 35.4. The summed E-state index contributed by atoms with van der Waals surface area (Å²) in [5.41, 5.74) is 1.16. The van der Waals surface area contributed by atoms with Crippen LogP contribution in [0.25, 0.3) is 10.9 Å². The number of amides is 2. The molecule has 39 heavy (non-hydrogen) atoms. The summed E-state index contributed by atoms with van der Waals surface area (Å²) in [5.74, 6) is -0.822. The molecule has 4 aromatic rings. The van der Waals surface area contributed by atoms with Crippen LogP contribution < -0.4 is 10.1 Å². The molecule has 4 rings (SSSR count). The first kappa shape index (κ1) is 27.7. The molecule has 2 aromatic heterocycles. The second-order valence-corrected chi connectivity index (χ2v) is 10.9. The van der Waals surface area contributed by atoms with Gasteiger partial charge in [-0.25, -0.2) is 13.9 Å². The number of hydrogen-bond donors (Lipinski definition) is 1. The number of para-hydroxylation sites is 2. The summed E-state index contributed by atoms with van der Waals surface area (Å²) in [6.45, 7) is 0.998. The monoisotopic (exact) mass is 550 g/mol. The molecule has 0 radical (unpaired) electrons. The molecule has 0 unspecified atom stereocenters. The summed E-state index contributed by atoms with van der Waals surface area (Å²) in [6.07, 6.45) is 7.24. The largest absolute Gasteiger partial charge is 0.496 e. The highest BCUT2D eigenvalue weighted by Crippen LogP contribution is 2.25. The lowest BCUT2D eigenvalue weighted by molar-refractivity contribution is -0.114. The van der Waals surface area contributed by atoms with Crippen molar-refractivity contribution in [1.82, 2.24) is 23.1 Å². The number of aliphatic imine (C=N–C) groups is 1. The molecule has 12 heteroatoms. The van der Waals surface area contributed by atoms with E-state index in [2.05, 4.69) is 15.3 Å². The molecule has 0 saturated carbocycles. The smallest absolute Gasteiger partial charge is 0.307 e. The van der Waals surface area contributed by atoms with Gasteiger partial charge < -0.3 is 14.6 Å². The zero-order chi connectivity index (χ0) is 28.0. The predicted molar refractivity (Wildman–Crippen MR) is 148 cm³/mol. The number of fused-ring (bicyclic) bond motifs is 1. The standard InChI is InChI=1S/C27H30N6O5S/c1-31(2)39(36,37)33-18-20(21-9-4-6-11-24(21)33)17-23(27(35)29-13-8-15-32-16-14-28-19-32)30-26(34)22-10-5-7-12-25(22)38-3/h4-7,9-12,14,16,18-19H,8,13,15,17H2,1-3H3,(H,29,35). The number of methoxy groups -OCH3 is 1. The molecule has 0 bridgehead atoms. The van der Waals surface area contributed by atoms with Crippen LogP contribution in [-0.4, -0.2) is 71.5 Å². The normalized spacial score (nSPS) is 12.2. The third-order valence-corrected chi connectivity index (χ3v) is 7.82. The number of rotatable bonds is 11. The zero-order valence-electron chi connectivity index (χ0n) is 21.9. The number of aromatic nitrogens is 3. The highest BCUT2D eigenvalue weighted by molar-refractivity contribution is 7.87. The number of benzene rings is 2. The van der Waals surface area contributed by atoms with Crippen molar-refractivity contribution in [2.75, 3.05) is 27.7 Å². The molecule has 0 aliphatic carbocycles. The molecule has 2 amide bonds. The molecular formula is C27H30N6O5S. The van der Waals surface area contributed by atoms with Crippen molar-refractivity contribution >= 4 is 38.6 Å². The molecular weight excluding hydrogens is 520 g/mol. The Hall–Kier alpha value is -4.29. The molecule has 0 aliphatic rings. The molecule has 204 valence electrons. The fourth-order valence-electron chi connectivity index (χ4n) is 4.07. The summed E-state index contributed by atoms with van der Waals surface area (Å²) in [4.78, 5) is 34.7. The number of carbonyl (C=O) groups excluding carboxylic acids is 2. The van der Waals surface area contributed by atoms with Gasteiger partial charge in [-0.2, -0.15) is 12.7 Å². The Bertz CT molecular complexity index is 1610. The van der Waals surface area contributed by atoms with E-state index >= 15 is 0 Å². The van der Waals surface area contributed by atoms with Crippen LogP contribution in [0.1, 0.15) is 22.3 Å². The van der Waals surface area contributed by atoms with Gasteiger partial charge in [0.2, 0.25) is 0 Å². The highest BCUT2D eigenvalue weighted by atomic mass is 32.2. The fourth-order valence-corrected chi connectivity index (χ4v) is 5.09. The third kappa shape index (κ3) is 6.24. The quantitative estimate of drug-likeness (QED) is 0.226. The van der Waals surface area contributed by atoms with Crippen molar-refractivity contribution in [3.8, 4) is 5.75 Å². The molecule has 2 aromatic carbocycles. The summed E-state index contributed by atoms with van der Waals surface area (Å²) in [6, 6.07) is 13.6. The van der Waals surface area contributed by atoms with E-state index in [1.165, 1.54) is 31.4 Å². The number of aryl methyl sites for hydroxylation is 1. The second-order valence-electron chi connectivity index (χ2n) is 8.91. The average molecular weight is 551 g/mol. The maximum Gasteiger partial charge on any atom is 0.307 e. The Morgan fingerprint density at radius 1 is 1.10 bits per heavy atom. The number of ether oxygens (including phenoxy) is 1. The first-order valence-corrected chi connectivity index (χ1v) is 13.6. The van der Waals surface area contributed by atoms with Crippen molar-refractivity contribution in [3.05, 3.63) is 84.6 Å². The van der Waals surface area contributed by atoms with Gasteiger partial charge in [-0.3, -0.25) is 9.59 Å². The predicted octanol–water partition coefficient (Wildman–Crippen LogP) is 2.53. The maximum atomic E-state index is 13.3. The molecule has 0 spiro atoms. The lowest BCUT2D eigenvalue weighted by Gasteiger charge is -2.13. The number of nitrogens with one attached hydrogen (secondary N) is 1. The van der Waals surface area contributed by atoms with E-state index in [-0.39, 0.29) is 17.7 Å². The fraction of sp³-hybridized carbons (Fsp3) is 0.259. The SMILES string of the molecule is COc1ccccc1C(=O)N=C(Cc1cn(S(=O)(=O)N(C)C)c2ccccc12)C(=O)NCCCn1ccnc1. The van der Waals surface area contributed by atoms with Crippen molar-refractivity contribution in [2.24, 2.45) is 4.99 Å². The lowest BCUT2D eigenvalue weighted by Crippen LogP contribution is -2.34. The Labute approximate surface area is 226 Å². The number of imidazole rings is 1. The third-order valence-electron chi connectivity index (χ3n) is 6.10. The minimum atomic E-state index is -3.83. The molecule has 2 heterocycles. The van der Waals surface area contributed by atoms with Crippen molar-refractivity contribution in [2.45, 2.75) is 19.4 Å². The van der Waals surface area contributed by atoms with Gasteiger partial charge in [-0.15, -0.1) is 0 Å². The van der Waals surface area contributed by atoms with Gasteiger partial charge >= 0.3 is 10.2 Å². The van der Waals surface area contributed by atoms with E-state index in [1.807, 2.05) is 10.8 Å². The molecule has 0 aliphatic heterocycles. The van der Waals surface area contributed by atoms with Crippen LogP contribution >= 0.6 is 0 Å². The Morgan fingerprint density at radius 3 is 2.56 bits per heavy atom. The van der Waals surface area contributed by atoms with Gasteiger partial charge in [0.05, 0.1) is 24.5 Å². The highest BCUT2D eigenvalue weighted by Gasteiger charge is 2.24. The van der Waals surface area contributed by atoms with Gasteiger partial charge in [-0.05, 0) is 30.2 Å². The van der Waals surface area contributed by atoms with Gasteiger partial charge in [0.15, 0.2) is 0 Å². The number of nitrogens with zero attached hydrogens (tertiary/aromatic N) is 5. The van der Waals surface area contributed by atoms with Gasteiger partial charge in [0.1, 0.15) is 11.5 Å². The molecule has 0 atom stereocenters. The number of hydrogen-bond acceptors (Lipinski definition) is 6. The number of carbonyl (C=O) groups is 2. The van der Waals surface area contributed by atoms with Gasteiger partial charge in [0, 0.05) is 57.6 Å². The van der Waals surface area contributed by atoms with Crippen LogP contribution in [0, 0.1) is 0 Å². The Morgan fingerprint density at radius 2 is 1.85 bits per heavy atom. The molecule has 1 N–H and O–H groups in total. The Balaban J connectivity index is 1.67. The van der Waals surface area contributed by atoms with E-state index in [4.69, 9.17) is 4.74 Å². The first-order valence-electron chi connectivity index (χ1n) is 12.2. The van der Waals surface area contributed by atoms with E-state index < -0.39 is 22.0 Å². The lowest BCUT2D eigenvalue weighted by atomic mass is 10.1. The van der Waals surface area contributed by atoms with Crippen LogP contribution in [0.4, 0.5) is 0 Å². The molecule has 0 saturated heterocycles. The van der Waals surface area contributed by atoms with Crippen molar-refractivity contribution < 1.29 is 22.7 Å². The second kappa shape index (κ2) is 12.0. The van der Waals surface area contributed by atoms with E-state index in [0.29, 0.717) is 41.7 Å². The van der Waals surface area contributed by atoms with Crippen molar-refractivity contribution in [3.63, 3.8) is 0 Å². The maximum absolute atomic E-state index is 13.3. The van der Waals surface area contributed by atoms with E-state index in [1.54, 1.807) is 61.1 Å². The Kier molecular flexibility index (Phi) is 8.57. The summed E-state index contributed by atoms with van der Waals surface area (Å²) in [5, 5.41) is 3.47.